The van der Waals surface area contributed by atoms with E-state index in [4.69, 9.17) is 9.47 Å². The number of hydrogen-bond acceptors (Lipinski definition) is 5. The van der Waals surface area contributed by atoms with Gasteiger partial charge in [-0.2, -0.15) is 5.10 Å². The van der Waals surface area contributed by atoms with Gasteiger partial charge in [-0.3, -0.25) is 0 Å². The molecule has 0 aromatic carbocycles. The third kappa shape index (κ3) is 6.07. The van der Waals surface area contributed by atoms with Gasteiger partial charge in [-0.15, -0.1) is 0 Å². The molecule has 0 saturated carbocycles. The molecule has 152 valence electrons. The molecule has 2 heterocycles. The van der Waals surface area contributed by atoms with Crippen LogP contribution in [0.5, 0.6) is 0 Å². The Kier molecular flexibility index (Phi) is 6.36. The molecule has 1 aromatic rings. The molecule has 0 radical (unpaired) electrons. The van der Waals surface area contributed by atoms with Crippen LogP contribution in [0.15, 0.2) is 0 Å². The third-order valence-electron chi connectivity index (χ3n) is 4.20. The summed E-state index contributed by atoms with van der Waals surface area (Å²) in [6.07, 6.45) is 0.0790. The van der Waals surface area contributed by atoms with Gasteiger partial charge in [0.05, 0.1) is 6.54 Å². The number of nitrogens with zero attached hydrogens (tertiary/aromatic N) is 3. The van der Waals surface area contributed by atoms with Gasteiger partial charge in [0.25, 0.3) is 0 Å². The molecule has 0 saturated heterocycles. The molecule has 0 aliphatic carbocycles. The molecule has 27 heavy (non-hydrogen) atoms. The first-order chi connectivity index (χ1) is 12.4. The molecule has 1 aromatic heterocycles. The van der Waals surface area contributed by atoms with Gasteiger partial charge in [-0.05, 0) is 26.8 Å². The summed E-state index contributed by atoms with van der Waals surface area (Å²) in [6.45, 7) is 13.8. The first kappa shape index (κ1) is 21.4. The Balaban J connectivity index is 2.11. The molecular formula is C18H31N3O5Si. The number of amides is 1. The summed E-state index contributed by atoms with van der Waals surface area (Å²) in [5.74, 6) is -1.10. The predicted molar refractivity (Wildman–Crippen MR) is 104 cm³/mol. The maximum absolute atomic E-state index is 12.3. The number of carboxylic acids is 1. The molecule has 1 aliphatic heterocycles. The minimum atomic E-state index is -1.18. The molecule has 1 N–H and O–H groups in total. The van der Waals surface area contributed by atoms with Crippen molar-refractivity contribution in [2.45, 2.75) is 71.8 Å². The normalized spacial score (nSPS) is 14.8. The quantitative estimate of drug-likeness (QED) is 0.585. The highest BCUT2D eigenvalue weighted by molar-refractivity contribution is 6.76. The first-order valence-corrected chi connectivity index (χ1v) is 13.0. The molecule has 0 spiro atoms. The van der Waals surface area contributed by atoms with E-state index in [0.717, 1.165) is 11.7 Å². The zero-order valence-corrected chi connectivity index (χ0v) is 18.2. The predicted octanol–water partition coefficient (Wildman–Crippen LogP) is 3.19. The molecule has 9 heteroatoms. The third-order valence-corrected chi connectivity index (χ3v) is 5.90. The summed E-state index contributed by atoms with van der Waals surface area (Å²) in [7, 11) is -1.18. The van der Waals surface area contributed by atoms with Gasteiger partial charge in [0.2, 0.25) is 0 Å². The lowest BCUT2D eigenvalue weighted by Crippen LogP contribution is -2.40. The Morgan fingerprint density at radius 3 is 2.48 bits per heavy atom. The fourth-order valence-corrected chi connectivity index (χ4v) is 3.54. The lowest BCUT2D eigenvalue weighted by atomic mass is 10.1. The highest BCUT2D eigenvalue weighted by atomic mass is 28.3. The first-order valence-electron chi connectivity index (χ1n) is 9.25. The lowest BCUT2D eigenvalue weighted by molar-refractivity contribution is 0.0217. The van der Waals surface area contributed by atoms with Gasteiger partial charge in [-0.1, -0.05) is 19.6 Å². The van der Waals surface area contributed by atoms with Gasteiger partial charge < -0.3 is 19.5 Å². The van der Waals surface area contributed by atoms with E-state index in [2.05, 4.69) is 24.7 Å². The van der Waals surface area contributed by atoms with E-state index < -0.39 is 25.7 Å². The number of rotatable bonds is 6. The standard InChI is InChI=1S/C18H31N3O5Si/c1-18(2,3)26-17(24)20-8-7-14-13(11-20)15(16(22)23)19-21(14)12-25-9-10-27(4,5)6/h7-12H2,1-6H3,(H,22,23). The average Bonchev–Trinajstić information content (AvgIpc) is 2.87. The Morgan fingerprint density at radius 1 is 1.26 bits per heavy atom. The zero-order chi connectivity index (χ0) is 20.4. The van der Waals surface area contributed by atoms with Crippen molar-refractivity contribution in [1.82, 2.24) is 14.7 Å². The molecule has 1 amide bonds. The molecule has 0 bridgehead atoms. The van der Waals surface area contributed by atoms with Crippen LogP contribution in [0.3, 0.4) is 0 Å². The number of ether oxygens (including phenoxy) is 2. The number of fused-ring (bicyclic) bond motifs is 1. The molecule has 0 fully saturated rings. The molecule has 8 nitrogen and oxygen atoms in total. The van der Waals surface area contributed by atoms with Crippen molar-refractivity contribution >= 4 is 20.1 Å². The smallest absolute Gasteiger partial charge is 0.410 e. The molecule has 1 aliphatic rings. The summed E-state index contributed by atoms with van der Waals surface area (Å²) in [6, 6.07) is 1.04. The Bertz CT molecular complexity index is 703. The molecular weight excluding hydrogens is 366 g/mol. The van der Waals surface area contributed by atoms with E-state index in [1.54, 1.807) is 25.5 Å². The summed E-state index contributed by atoms with van der Waals surface area (Å²) < 4.78 is 12.8. The second-order valence-corrected chi connectivity index (χ2v) is 14.7. The molecule has 0 atom stereocenters. The van der Waals surface area contributed by atoms with Crippen LogP contribution in [0.2, 0.25) is 25.7 Å². The Labute approximate surface area is 161 Å². The number of carboxylic acid groups (broad SMARTS) is 1. The molecule has 2 rings (SSSR count). The van der Waals surface area contributed by atoms with Crippen LogP contribution in [0.1, 0.15) is 42.5 Å². The second kappa shape index (κ2) is 8.01. The summed E-state index contributed by atoms with van der Waals surface area (Å²) in [4.78, 5) is 25.5. The summed E-state index contributed by atoms with van der Waals surface area (Å²) in [5.41, 5.74) is 0.766. The number of hydrogen-bond donors (Lipinski definition) is 1. The van der Waals surface area contributed by atoms with Crippen LogP contribution >= 0.6 is 0 Å². The van der Waals surface area contributed by atoms with Crippen LogP contribution in [0, 0.1) is 0 Å². The van der Waals surface area contributed by atoms with Crippen LogP contribution in [0.25, 0.3) is 0 Å². The van der Waals surface area contributed by atoms with Gasteiger partial charge in [0.15, 0.2) is 5.69 Å². The van der Waals surface area contributed by atoms with Gasteiger partial charge in [0, 0.05) is 38.9 Å². The van der Waals surface area contributed by atoms with Crippen molar-refractivity contribution in [3.05, 3.63) is 17.0 Å². The second-order valence-electron chi connectivity index (χ2n) is 9.08. The highest BCUT2D eigenvalue weighted by Gasteiger charge is 2.32. The molecule has 0 unspecified atom stereocenters. The number of carbonyl (C=O) groups is 2. The number of aromatic carboxylic acids is 1. The van der Waals surface area contributed by atoms with Crippen molar-refractivity contribution in [3.8, 4) is 0 Å². The van der Waals surface area contributed by atoms with Crippen molar-refractivity contribution in [2.75, 3.05) is 13.2 Å². The average molecular weight is 398 g/mol. The summed E-state index contributed by atoms with van der Waals surface area (Å²) >= 11 is 0. The fraction of sp³-hybridized carbons (Fsp3) is 0.722. The van der Waals surface area contributed by atoms with E-state index in [1.807, 2.05) is 0 Å². The van der Waals surface area contributed by atoms with Crippen molar-refractivity contribution in [1.29, 1.82) is 0 Å². The van der Waals surface area contributed by atoms with Crippen LogP contribution in [0.4, 0.5) is 4.79 Å². The maximum Gasteiger partial charge on any atom is 0.410 e. The van der Waals surface area contributed by atoms with Crippen molar-refractivity contribution in [2.24, 2.45) is 0 Å². The van der Waals surface area contributed by atoms with Gasteiger partial charge in [-0.25, -0.2) is 14.3 Å². The SMILES string of the molecule is CC(C)(C)OC(=O)N1CCc2c(c(C(=O)O)nn2COCC[Si](C)(C)C)C1. The van der Waals surface area contributed by atoms with E-state index in [0.29, 0.717) is 25.1 Å². The van der Waals surface area contributed by atoms with Crippen LogP contribution in [-0.2, 0) is 29.2 Å². The summed E-state index contributed by atoms with van der Waals surface area (Å²) in [5, 5.41) is 13.7. The minimum absolute atomic E-state index is 0.0212. The highest BCUT2D eigenvalue weighted by Crippen LogP contribution is 2.24. The van der Waals surface area contributed by atoms with Crippen molar-refractivity contribution < 1.29 is 24.2 Å². The van der Waals surface area contributed by atoms with Gasteiger partial charge >= 0.3 is 12.1 Å². The number of aromatic nitrogens is 2. The van der Waals surface area contributed by atoms with E-state index in [1.165, 1.54) is 4.90 Å². The van der Waals surface area contributed by atoms with Gasteiger partial charge in [0.1, 0.15) is 12.3 Å². The topological polar surface area (TPSA) is 93.9 Å². The van der Waals surface area contributed by atoms with Crippen LogP contribution in [-0.4, -0.2) is 58.7 Å². The minimum Gasteiger partial charge on any atom is -0.476 e. The monoisotopic (exact) mass is 397 g/mol. The van der Waals surface area contributed by atoms with E-state index in [9.17, 15) is 14.7 Å². The zero-order valence-electron chi connectivity index (χ0n) is 17.2. The van der Waals surface area contributed by atoms with E-state index in [-0.39, 0.29) is 19.0 Å². The van der Waals surface area contributed by atoms with Crippen LogP contribution < -0.4 is 0 Å². The van der Waals surface area contributed by atoms with E-state index >= 15 is 0 Å². The van der Waals surface area contributed by atoms with Crippen molar-refractivity contribution in [3.63, 3.8) is 0 Å². The lowest BCUT2D eigenvalue weighted by Gasteiger charge is -2.30. The fourth-order valence-electron chi connectivity index (χ4n) is 2.78. The number of carbonyl (C=O) groups excluding carboxylic acids is 1. The Hall–Kier alpha value is -1.87. The maximum atomic E-state index is 12.3. The Morgan fingerprint density at radius 2 is 1.93 bits per heavy atom. The largest absolute Gasteiger partial charge is 0.476 e.